The van der Waals surface area contributed by atoms with Crippen LogP contribution in [0.25, 0.3) is 0 Å². The van der Waals surface area contributed by atoms with Crippen molar-refractivity contribution < 1.29 is 18.0 Å². The second-order valence-electron chi connectivity index (χ2n) is 7.92. The van der Waals surface area contributed by atoms with Crippen molar-refractivity contribution in [3.05, 3.63) is 83.4 Å². The van der Waals surface area contributed by atoms with Crippen LogP contribution in [0, 0.1) is 13.8 Å². The van der Waals surface area contributed by atoms with Gasteiger partial charge < -0.3 is 10.6 Å². The number of hydrogen-bond acceptors (Lipinski definition) is 5. The van der Waals surface area contributed by atoms with Crippen molar-refractivity contribution in [2.75, 3.05) is 26.0 Å². The Labute approximate surface area is 204 Å². The number of nitrogens with one attached hydrogen (secondary N) is 2. The summed E-state index contributed by atoms with van der Waals surface area (Å²) in [4.78, 5) is 26.9. The van der Waals surface area contributed by atoms with Crippen molar-refractivity contribution >= 4 is 39.3 Å². The quantitative estimate of drug-likeness (QED) is 0.489. The zero-order valence-electron chi connectivity index (χ0n) is 19.5. The van der Waals surface area contributed by atoms with Crippen LogP contribution in [0.1, 0.15) is 21.5 Å². The van der Waals surface area contributed by atoms with Gasteiger partial charge >= 0.3 is 0 Å². The molecule has 0 saturated heterocycles. The third-order valence-electron chi connectivity index (χ3n) is 5.14. The second-order valence-corrected chi connectivity index (χ2v) is 11.2. The average molecular weight is 498 g/mol. The fraction of sp³-hybridized carbons (Fsp3) is 0.200. The minimum absolute atomic E-state index is 0.00774. The molecule has 9 heteroatoms. The molecule has 7 nitrogen and oxygen atoms in total. The van der Waals surface area contributed by atoms with E-state index in [0.717, 1.165) is 14.1 Å². The summed E-state index contributed by atoms with van der Waals surface area (Å²) < 4.78 is 25.6. The number of anilines is 1. The van der Waals surface area contributed by atoms with E-state index in [4.69, 9.17) is 0 Å². The smallest absolute Gasteiger partial charge is 0.251 e. The number of hydrogen-bond donors (Lipinski definition) is 2. The maximum absolute atomic E-state index is 12.4. The number of carbonyl (C=O) groups excluding carboxylic acids is 2. The molecule has 0 spiro atoms. The number of carbonyl (C=O) groups is 2. The summed E-state index contributed by atoms with van der Waals surface area (Å²) in [6, 6.07) is 19.5. The van der Waals surface area contributed by atoms with E-state index in [-0.39, 0.29) is 22.9 Å². The van der Waals surface area contributed by atoms with Gasteiger partial charge in [-0.15, -0.1) is 0 Å². The minimum Gasteiger partial charge on any atom is -0.343 e. The molecule has 3 aromatic carbocycles. The third kappa shape index (κ3) is 6.47. The molecule has 34 heavy (non-hydrogen) atoms. The molecule has 2 amide bonds. The minimum atomic E-state index is -3.66. The van der Waals surface area contributed by atoms with Crippen LogP contribution >= 0.6 is 11.8 Å². The summed E-state index contributed by atoms with van der Waals surface area (Å²) in [5.41, 5.74) is 3.26. The standard InChI is InChI=1S/C25H27N3O4S2/c1-17-8-11-22(14-18(17)2)33-21-12-9-20(10-13-21)27-24(29)16-26-25(30)19-6-5-7-23(15-19)34(31,32)28(3)4/h5-15H,16H2,1-4H3,(H,26,30)(H,27,29). The predicted octanol–water partition coefficient (Wildman–Crippen LogP) is 4.07. The van der Waals surface area contributed by atoms with E-state index in [2.05, 4.69) is 42.7 Å². The molecule has 0 radical (unpaired) electrons. The van der Waals surface area contributed by atoms with Gasteiger partial charge in [-0.2, -0.15) is 0 Å². The third-order valence-corrected chi connectivity index (χ3v) is 7.95. The summed E-state index contributed by atoms with van der Waals surface area (Å²) in [5.74, 6) is -0.925. The van der Waals surface area contributed by atoms with Crippen LogP contribution in [0.15, 0.2) is 81.4 Å². The Kier molecular flexibility index (Phi) is 8.14. The Morgan fingerprint density at radius 3 is 2.21 bits per heavy atom. The predicted molar refractivity (Wildman–Crippen MR) is 135 cm³/mol. The van der Waals surface area contributed by atoms with Crippen molar-refractivity contribution in [1.82, 2.24) is 9.62 Å². The van der Waals surface area contributed by atoms with Gasteiger partial charge in [-0.05, 0) is 79.6 Å². The van der Waals surface area contributed by atoms with Crippen LogP contribution in [0.2, 0.25) is 0 Å². The van der Waals surface area contributed by atoms with Gasteiger partial charge in [0.2, 0.25) is 15.9 Å². The van der Waals surface area contributed by atoms with Crippen molar-refractivity contribution in [3.8, 4) is 0 Å². The molecule has 0 aliphatic carbocycles. The highest BCUT2D eigenvalue weighted by molar-refractivity contribution is 7.99. The summed E-state index contributed by atoms with van der Waals surface area (Å²) in [6.45, 7) is 3.91. The van der Waals surface area contributed by atoms with Crippen LogP contribution in [0.5, 0.6) is 0 Å². The van der Waals surface area contributed by atoms with E-state index in [1.807, 2.05) is 12.1 Å². The number of rotatable bonds is 8. The largest absolute Gasteiger partial charge is 0.343 e. The zero-order chi connectivity index (χ0) is 24.9. The lowest BCUT2D eigenvalue weighted by Crippen LogP contribution is -2.33. The fourth-order valence-corrected chi connectivity index (χ4v) is 4.86. The molecular weight excluding hydrogens is 470 g/mol. The van der Waals surface area contributed by atoms with Gasteiger partial charge in [0, 0.05) is 35.1 Å². The molecule has 0 aliphatic heterocycles. The van der Waals surface area contributed by atoms with E-state index in [0.29, 0.717) is 5.69 Å². The lowest BCUT2D eigenvalue weighted by Gasteiger charge is -2.12. The molecule has 178 valence electrons. The lowest BCUT2D eigenvalue weighted by molar-refractivity contribution is -0.115. The Morgan fingerprint density at radius 1 is 0.882 bits per heavy atom. The molecule has 0 heterocycles. The molecule has 0 bridgehead atoms. The number of amides is 2. The molecule has 0 aliphatic rings. The summed E-state index contributed by atoms with van der Waals surface area (Å²) >= 11 is 1.64. The Hall–Kier alpha value is -3.14. The van der Waals surface area contributed by atoms with Crippen molar-refractivity contribution in [1.29, 1.82) is 0 Å². The van der Waals surface area contributed by atoms with Gasteiger partial charge in [0.25, 0.3) is 5.91 Å². The van der Waals surface area contributed by atoms with Gasteiger partial charge in [-0.25, -0.2) is 12.7 Å². The molecular formula is C25H27N3O4S2. The van der Waals surface area contributed by atoms with E-state index in [1.54, 1.807) is 23.9 Å². The summed E-state index contributed by atoms with van der Waals surface area (Å²) in [5, 5.41) is 5.26. The fourth-order valence-electron chi connectivity index (χ4n) is 3.00. The molecule has 3 aromatic rings. The van der Waals surface area contributed by atoms with Crippen LogP contribution < -0.4 is 10.6 Å². The zero-order valence-corrected chi connectivity index (χ0v) is 21.1. The Morgan fingerprint density at radius 2 is 1.56 bits per heavy atom. The highest BCUT2D eigenvalue weighted by Crippen LogP contribution is 2.29. The first-order valence-electron chi connectivity index (χ1n) is 10.5. The molecule has 0 saturated carbocycles. The van der Waals surface area contributed by atoms with Crippen LogP contribution in [0.3, 0.4) is 0 Å². The Bertz CT molecular complexity index is 1300. The molecule has 0 fully saturated rings. The van der Waals surface area contributed by atoms with Crippen LogP contribution in [0.4, 0.5) is 5.69 Å². The normalized spacial score (nSPS) is 11.3. The Balaban J connectivity index is 1.55. The number of aryl methyl sites for hydroxylation is 2. The van der Waals surface area contributed by atoms with Gasteiger partial charge in [0.1, 0.15) is 0 Å². The first-order valence-corrected chi connectivity index (χ1v) is 12.8. The molecule has 0 atom stereocenters. The van der Waals surface area contributed by atoms with Crippen LogP contribution in [-0.4, -0.2) is 45.2 Å². The monoisotopic (exact) mass is 497 g/mol. The number of nitrogens with zero attached hydrogens (tertiary/aromatic N) is 1. The van der Waals surface area contributed by atoms with E-state index < -0.39 is 15.9 Å². The average Bonchev–Trinajstić information content (AvgIpc) is 2.81. The maximum atomic E-state index is 12.4. The summed E-state index contributed by atoms with van der Waals surface area (Å²) in [6.07, 6.45) is 0. The van der Waals surface area contributed by atoms with Gasteiger partial charge in [0.05, 0.1) is 11.4 Å². The number of benzene rings is 3. The lowest BCUT2D eigenvalue weighted by atomic mass is 10.1. The molecule has 0 unspecified atom stereocenters. The molecule has 0 aromatic heterocycles. The van der Waals surface area contributed by atoms with E-state index in [9.17, 15) is 18.0 Å². The maximum Gasteiger partial charge on any atom is 0.251 e. The summed E-state index contributed by atoms with van der Waals surface area (Å²) in [7, 11) is -0.825. The van der Waals surface area contributed by atoms with Gasteiger partial charge in [-0.3, -0.25) is 9.59 Å². The SMILES string of the molecule is Cc1ccc(Sc2ccc(NC(=O)CNC(=O)c3cccc(S(=O)(=O)N(C)C)c3)cc2)cc1C. The van der Waals surface area contributed by atoms with E-state index in [1.165, 1.54) is 49.5 Å². The topological polar surface area (TPSA) is 95.6 Å². The van der Waals surface area contributed by atoms with Crippen molar-refractivity contribution in [2.45, 2.75) is 28.5 Å². The first kappa shape index (κ1) is 25.5. The van der Waals surface area contributed by atoms with Gasteiger partial charge in [0.15, 0.2) is 0 Å². The highest BCUT2D eigenvalue weighted by atomic mass is 32.2. The van der Waals surface area contributed by atoms with Crippen molar-refractivity contribution in [2.24, 2.45) is 0 Å². The molecule has 2 N–H and O–H groups in total. The molecule has 3 rings (SSSR count). The van der Waals surface area contributed by atoms with Crippen molar-refractivity contribution in [3.63, 3.8) is 0 Å². The second kappa shape index (κ2) is 10.9. The highest BCUT2D eigenvalue weighted by Gasteiger charge is 2.19. The van der Waals surface area contributed by atoms with Crippen LogP contribution in [-0.2, 0) is 14.8 Å². The first-order chi connectivity index (χ1) is 16.1. The van der Waals surface area contributed by atoms with E-state index >= 15 is 0 Å². The number of sulfonamides is 1. The van der Waals surface area contributed by atoms with Gasteiger partial charge in [-0.1, -0.05) is 23.9 Å².